The Morgan fingerprint density at radius 2 is 1.85 bits per heavy atom. The normalized spacial score (nSPS) is 12.8. The lowest BCUT2D eigenvalue weighted by Crippen LogP contribution is -2.31. The second-order valence-electron chi connectivity index (χ2n) is 7.84. The van der Waals surface area contributed by atoms with Gasteiger partial charge in [0.25, 0.3) is 0 Å². The molecule has 0 unspecified atom stereocenters. The van der Waals surface area contributed by atoms with Crippen LogP contribution in [0.5, 0.6) is 0 Å². The third-order valence-electron chi connectivity index (χ3n) is 5.22. The molecular weight excluding hydrogens is 468 g/mol. The number of alkyl halides is 3. The molecule has 0 amide bonds. The summed E-state index contributed by atoms with van der Waals surface area (Å²) < 4.78 is 57.0. The van der Waals surface area contributed by atoms with Crippen LogP contribution in [0.3, 0.4) is 0 Å². The van der Waals surface area contributed by atoms with Crippen molar-refractivity contribution in [3.8, 4) is 10.4 Å². The standard InChI is InChI=1S/C24H22F4N4OS/c1-33-13-20-22(15-4-5-16-11-30-21(25)10-17(16)9-15)34-23(32-20)31-12-19(29)8-14-2-6-18(7-3-14)24(26,27)28/h2-7,9-11,19H,8,12-13,29H2,1H3,(H,31,32)/t19-/m1/s1. The van der Waals surface area contributed by atoms with Gasteiger partial charge in [0.05, 0.1) is 22.7 Å². The van der Waals surface area contributed by atoms with Gasteiger partial charge in [0.1, 0.15) is 0 Å². The first-order valence-corrected chi connectivity index (χ1v) is 11.2. The van der Waals surface area contributed by atoms with Crippen molar-refractivity contribution in [1.82, 2.24) is 9.97 Å². The lowest BCUT2D eigenvalue weighted by Gasteiger charge is -2.13. The van der Waals surface area contributed by atoms with Crippen molar-refractivity contribution in [2.24, 2.45) is 5.73 Å². The highest BCUT2D eigenvalue weighted by Crippen LogP contribution is 2.35. The van der Waals surface area contributed by atoms with Gasteiger partial charge in [0, 0.05) is 37.3 Å². The van der Waals surface area contributed by atoms with Crippen molar-refractivity contribution in [3.05, 3.63) is 77.5 Å². The van der Waals surface area contributed by atoms with Gasteiger partial charge in [-0.1, -0.05) is 35.6 Å². The average molecular weight is 491 g/mol. The first-order chi connectivity index (χ1) is 16.2. The molecule has 3 N–H and O–H groups in total. The van der Waals surface area contributed by atoms with Gasteiger partial charge in [-0.2, -0.15) is 17.6 Å². The number of anilines is 1. The molecule has 0 fully saturated rings. The van der Waals surface area contributed by atoms with Crippen LogP contribution in [0.2, 0.25) is 0 Å². The molecule has 178 valence electrons. The Balaban J connectivity index is 1.46. The zero-order valence-electron chi connectivity index (χ0n) is 18.2. The maximum Gasteiger partial charge on any atom is 0.416 e. The van der Waals surface area contributed by atoms with Gasteiger partial charge in [-0.15, -0.1) is 0 Å². The number of nitrogens with two attached hydrogens (primary N) is 1. The minimum absolute atomic E-state index is 0.299. The fourth-order valence-electron chi connectivity index (χ4n) is 3.57. The maximum absolute atomic E-state index is 13.6. The first kappa shape index (κ1) is 24.1. The average Bonchev–Trinajstić information content (AvgIpc) is 3.20. The molecule has 0 saturated carbocycles. The van der Waals surface area contributed by atoms with Gasteiger partial charge < -0.3 is 15.8 Å². The molecule has 10 heteroatoms. The Kier molecular flexibility index (Phi) is 7.11. The third kappa shape index (κ3) is 5.69. The zero-order valence-corrected chi connectivity index (χ0v) is 19.0. The summed E-state index contributed by atoms with van der Waals surface area (Å²) in [4.78, 5) is 9.17. The molecule has 0 bridgehead atoms. The lowest BCUT2D eigenvalue weighted by molar-refractivity contribution is -0.137. The molecule has 2 aromatic heterocycles. The number of nitrogens with one attached hydrogen (secondary N) is 1. The number of benzene rings is 2. The van der Waals surface area contributed by atoms with E-state index in [-0.39, 0.29) is 6.04 Å². The Morgan fingerprint density at radius 3 is 2.56 bits per heavy atom. The van der Waals surface area contributed by atoms with Crippen LogP contribution in [0.1, 0.15) is 16.8 Å². The van der Waals surface area contributed by atoms with Crippen molar-refractivity contribution in [3.63, 3.8) is 0 Å². The summed E-state index contributed by atoms with van der Waals surface area (Å²) in [5, 5.41) is 5.42. The Bertz CT molecular complexity index is 1270. The topological polar surface area (TPSA) is 73.1 Å². The van der Waals surface area contributed by atoms with Crippen molar-refractivity contribution >= 4 is 27.2 Å². The summed E-state index contributed by atoms with van der Waals surface area (Å²) in [6, 6.07) is 11.7. The Morgan fingerprint density at radius 1 is 1.09 bits per heavy atom. The Hall–Kier alpha value is -3.08. The molecule has 1 atom stereocenters. The van der Waals surface area contributed by atoms with Crippen LogP contribution < -0.4 is 11.1 Å². The highest BCUT2D eigenvalue weighted by Gasteiger charge is 2.30. The summed E-state index contributed by atoms with van der Waals surface area (Å²) in [5.41, 5.74) is 7.85. The van der Waals surface area contributed by atoms with E-state index in [0.717, 1.165) is 44.6 Å². The molecule has 2 heterocycles. The fraction of sp³-hybridized carbons (Fsp3) is 0.250. The van der Waals surface area contributed by atoms with E-state index < -0.39 is 17.7 Å². The van der Waals surface area contributed by atoms with E-state index in [4.69, 9.17) is 10.5 Å². The summed E-state index contributed by atoms with van der Waals surface area (Å²) >= 11 is 1.43. The molecule has 5 nitrogen and oxygen atoms in total. The number of halogens is 4. The van der Waals surface area contributed by atoms with Crippen LogP contribution in [-0.4, -0.2) is 29.7 Å². The predicted octanol–water partition coefficient (Wildman–Crippen LogP) is 5.64. The van der Waals surface area contributed by atoms with E-state index in [1.54, 1.807) is 7.11 Å². The molecule has 0 aliphatic rings. The van der Waals surface area contributed by atoms with Crippen LogP contribution >= 0.6 is 11.3 Å². The van der Waals surface area contributed by atoms with Crippen molar-refractivity contribution < 1.29 is 22.3 Å². The number of rotatable bonds is 8. The molecule has 4 rings (SSSR count). The summed E-state index contributed by atoms with van der Waals surface area (Å²) in [6.07, 6.45) is -2.46. The first-order valence-electron chi connectivity index (χ1n) is 10.4. The molecule has 34 heavy (non-hydrogen) atoms. The third-order valence-corrected chi connectivity index (χ3v) is 6.33. The van der Waals surface area contributed by atoms with E-state index >= 15 is 0 Å². The van der Waals surface area contributed by atoms with Crippen LogP contribution in [0.25, 0.3) is 21.2 Å². The number of fused-ring (bicyclic) bond motifs is 1. The van der Waals surface area contributed by atoms with Gasteiger partial charge in [-0.3, -0.25) is 0 Å². The number of thiazole rings is 1. The zero-order chi connectivity index (χ0) is 24.3. The van der Waals surface area contributed by atoms with E-state index in [2.05, 4.69) is 15.3 Å². The van der Waals surface area contributed by atoms with E-state index in [1.165, 1.54) is 35.7 Å². The van der Waals surface area contributed by atoms with Gasteiger partial charge in [-0.05, 0) is 41.1 Å². The second-order valence-corrected chi connectivity index (χ2v) is 8.84. The number of hydrogen-bond donors (Lipinski definition) is 2. The van der Waals surface area contributed by atoms with E-state index in [1.807, 2.05) is 18.2 Å². The second kappa shape index (κ2) is 10.0. The molecule has 0 aliphatic heterocycles. The van der Waals surface area contributed by atoms with Gasteiger partial charge in [0.15, 0.2) is 5.13 Å². The SMILES string of the molecule is COCc1nc(NC[C@H](N)Cc2ccc(C(F)(F)F)cc2)sc1-c1ccc2cnc(F)cc2c1. The molecular formula is C24H22F4N4OS. The van der Waals surface area contributed by atoms with Crippen LogP contribution in [0.15, 0.2) is 54.7 Å². The fourth-order valence-corrected chi connectivity index (χ4v) is 4.54. The van der Waals surface area contributed by atoms with Crippen molar-refractivity contribution in [2.75, 3.05) is 19.0 Å². The number of aromatic nitrogens is 2. The summed E-state index contributed by atoms with van der Waals surface area (Å²) in [5.74, 6) is -0.546. The lowest BCUT2D eigenvalue weighted by atomic mass is 10.0. The minimum atomic E-state index is -4.36. The molecule has 0 spiro atoms. The van der Waals surface area contributed by atoms with E-state index in [0.29, 0.717) is 24.7 Å². The van der Waals surface area contributed by atoms with Gasteiger partial charge in [0.2, 0.25) is 5.95 Å². The number of pyridine rings is 1. The predicted molar refractivity (Wildman–Crippen MR) is 125 cm³/mol. The number of methoxy groups -OCH3 is 1. The van der Waals surface area contributed by atoms with Crippen molar-refractivity contribution in [2.45, 2.75) is 25.2 Å². The van der Waals surface area contributed by atoms with Crippen LogP contribution in [-0.2, 0) is 23.9 Å². The highest BCUT2D eigenvalue weighted by molar-refractivity contribution is 7.19. The highest BCUT2D eigenvalue weighted by atomic mass is 32.1. The Labute approximate surface area is 197 Å². The number of hydrogen-bond acceptors (Lipinski definition) is 6. The molecule has 4 aromatic rings. The van der Waals surface area contributed by atoms with Gasteiger partial charge in [-0.25, -0.2) is 9.97 Å². The van der Waals surface area contributed by atoms with Crippen LogP contribution in [0, 0.1) is 5.95 Å². The summed E-state index contributed by atoms with van der Waals surface area (Å²) in [7, 11) is 1.58. The molecule has 0 saturated heterocycles. The maximum atomic E-state index is 13.6. The molecule has 2 aromatic carbocycles. The quantitative estimate of drug-likeness (QED) is 0.247. The monoisotopic (exact) mass is 490 g/mol. The smallest absolute Gasteiger partial charge is 0.378 e. The van der Waals surface area contributed by atoms with Crippen molar-refractivity contribution in [1.29, 1.82) is 0 Å². The largest absolute Gasteiger partial charge is 0.416 e. The number of ether oxygens (including phenoxy) is 1. The van der Waals surface area contributed by atoms with E-state index in [9.17, 15) is 17.6 Å². The molecule has 0 radical (unpaired) electrons. The summed E-state index contributed by atoms with van der Waals surface area (Å²) in [6.45, 7) is 0.683. The van der Waals surface area contributed by atoms with Gasteiger partial charge >= 0.3 is 6.18 Å². The molecule has 0 aliphatic carbocycles. The van der Waals surface area contributed by atoms with Crippen LogP contribution in [0.4, 0.5) is 22.7 Å². The minimum Gasteiger partial charge on any atom is -0.378 e. The number of nitrogens with zero attached hydrogens (tertiary/aromatic N) is 2.